The van der Waals surface area contributed by atoms with Gasteiger partial charge in [0.05, 0.1) is 18.0 Å². The fourth-order valence-corrected chi connectivity index (χ4v) is 3.11. The zero-order valence-electron chi connectivity index (χ0n) is 14.1. The van der Waals surface area contributed by atoms with Gasteiger partial charge in [-0.3, -0.25) is 14.2 Å². The predicted octanol–water partition coefficient (Wildman–Crippen LogP) is 2.23. The van der Waals surface area contributed by atoms with Crippen LogP contribution < -0.4 is 16.4 Å². The number of rotatable bonds is 5. The number of halogens is 2. The van der Waals surface area contributed by atoms with Gasteiger partial charge in [0.15, 0.2) is 0 Å². The van der Waals surface area contributed by atoms with Crippen molar-refractivity contribution in [2.45, 2.75) is 6.54 Å². The topological polar surface area (TPSA) is 78.2 Å². The second-order valence-corrected chi connectivity index (χ2v) is 6.88. The van der Waals surface area contributed by atoms with Crippen molar-refractivity contribution in [3.63, 3.8) is 0 Å². The molecule has 0 radical (unpaired) electrons. The first-order valence-electron chi connectivity index (χ1n) is 7.72. The summed E-state index contributed by atoms with van der Waals surface area (Å²) in [5, 5.41) is 3.07. The number of aryl methyl sites for hydroxylation is 1. The van der Waals surface area contributed by atoms with Crippen LogP contribution in [0.25, 0.3) is 11.0 Å². The molecule has 1 N–H and O–H groups in total. The maximum Gasteiger partial charge on any atom is 0.284 e. The summed E-state index contributed by atoms with van der Waals surface area (Å²) >= 11 is 2.00. The number of hydrogen-bond acceptors (Lipinski definition) is 5. The number of methoxy groups -OCH3 is 1. The van der Waals surface area contributed by atoms with Crippen molar-refractivity contribution in [2.75, 3.05) is 19.0 Å². The Labute approximate surface area is 161 Å². The highest BCUT2D eigenvalue weighted by molar-refractivity contribution is 14.1. The normalized spacial score (nSPS) is 11.1. The third-order valence-corrected chi connectivity index (χ3v) is 4.62. The van der Waals surface area contributed by atoms with Gasteiger partial charge in [0.25, 0.3) is 11.1 Å². The molecule has 0 aliphatic carbocycles. The Morgan fingerprint density at radius 2 is 2.04 bits per heavy atom. The lowest BCUT2D eigenvalue weighted by atomic mass is 10.2. The van der Waals surface area contributed by atoms with Crippen LogP contribution in [0.1, 0.15) is 0 Å². The van der Waals surface area contributed by atoms with Crippen LogP contribution in [0.4, 0.5) is 15.8 Å². The highest BCUT2D eigenvalue weighted by atomic mass is 127. The van der Waals surface area contributed by atoms with Crippen LogP contribution in [0, 0.1) is 9.39 Å². The lowest BCUT2D eigenvalue weighted by Crippen LogP contribution is -2.25. The lowest BCUT2D eigenvalue weighted by molar-refractivity contribution is 0.187. The Morgan fingerprint density at radius 3 is 2.73 bits per heavy atom. The van der Waals surface area contributed by atoms with E-state index in [1.807, 2.05) is 22.6 Å². The molecule has 0 aliphatic rings. The summed E-state index contributed by atoms with van der Waals surface area (Å²) in [6.45, 7) is 0.798. The number of nitrogens with zero attached hydrogens (tertiary/aromatic N) is 3. The number of nitrogens with one attached hydrogen (secondary N) is 1. The SMILES string of the molecule is COCCn1cnc(=O)c2c(Nc3ccc(I)cc3F)cc(=O)n(C)c21. The summed E-state index contributed by atoms with van der Waals surface area (Å²) in [5.41, 5.74) is -0.0533. The van der Waals surface area contributed by atoms with Gasteiger partial charge in [-0.05, 0) is 40.8 Å². The van der Waals surface area contributed by atoms with Gasteiger partial charge in [-0.1, -0.05) is 0 Å². The molecule has 0 fully saturated rings. The maximum absolute atomic E-state index is 14.2. The minimum Gasteiger partial charge on any atom is -0.383 e. The van der Waals surface area contributed by atoms with Gasteiger partial charge >= 0.3 is 0 Å². The smallest absolute Gasteiger partial charge is 0.284 e. The van der Waals surface area contributed by atoms with Gasteiger partial charge in [-0.25, -0.2) is 4.39 Å². The van der Waals surface area contributed by atoms with E-state index in [0.29, 0.717) is 18.8 Å². The summed E-state index contributed by atoms with van der Waals surface area (Å²) in [4.78, 5) is 28.7. The first kappa shape index (κ1) is 18.5. The van der Waals surface area contributed by atoms with Gasteiger partial charge in [-0.2, -0.15) is 4.98 Å². The second kappa shape index (κ2) is 7.54. The Hall–Kier alpha value is -2.27. The molecule has 0 spiro atoms. The van der Waals surface area contributed by atoms with Crippen molar-refractivity contribution in [3.05, 3.63) is 60.7 Å². The summed E-state index contributed by atoms with van der Waals surface area (Å²) in [7, 11) is 3.13. The Kier molecular flexibility index (Phi) is 5.37. The molecule has 2 heterocycles. The first-order chi connectivity index (χ1) is 12.4. The van der Waals surface area contributed by atoms with Crippen LogP contribution in [-0.2, 0) is 18.3 Å². The highest BCUT2D eigenvalue weighted by Gasteiger charge is 2.15. The minimum atomic E-state index is -0.502. The van der Waals surface area contributed by atoms with E-state index in [2.05, 4.69) is 10.3 Å². The van der Waals surface area contributed by atoms with Gasteiger partial charge in [0.2, 0.25) is 0 Å². The monoisotopic (exact) mass is 470 g/mol. The minimum absolute atomic E-state index is 0.173. The van der Waals surface area contributed by atoms with E-state index < -0.39 is 11.4 Å². The molecule has 0 unspecified atom stereocenters. The van der Waals surface area contributed by atoms with Gasteiger partial charge in [0.1, 0.15) is 23.2 Å². The third-order valence-electron chi connectivity index (χ3n) is 3.95. The molecule has 0 saturated heterocycles. The van der Waals surface area contributed by atoms with Crippen molar-refractivity contribution in [1.29, 1.82) is 0 Å². The Bertz CT molecular complexity index is 1090. The third kappa shape index (κ3) is 3.49. The molecular formula is C17H16FIN4O3. The molecule has 3 aromatic rings. The average molecular weight is 470 g/mol. The van der Waals surface area contributed by atoms with Crippen LogP contribution in [-0.4, -0.2) is 27.8 Å². The van der Waals surface area contributed by atoms with Crippen molar-refractivity contribution in [1.82, 2.24) is 14.1 Å². The Balaban J connectivity index is 2.24. The number of pyridine rings is 1. The molecule has 0 aliphatic heterocycles. The molecular weight excluding hydrogens is 454 g/mol. The molecule has 0 atom stereocenters. The maximum atomic E-state index is 14.2. The number of hydrogen-bond donors (Lipinski definition) is 1. The van der Waals surface area contributed by atoms with E-state index >= 15 is 0 Å². The van der Waals surface area contributed by atoms with E-state index in [0.717, 1.165) is 3.57 Å². The van der Waals surface area contributed by atoms with Crippen LogP contribution in [0.2, 0.25) is 0 Å². The zero-order chi connectivity index (χ0) is 18.8. The summed E-state index contributed by atoms with van der Waals surface area (Å²) < 4.78 is 23.0. The second-order valence-electron chi connectivity index (χ2n) is 5.64. The fraction of sp³-hybridized carbons (Fsp3) is 0.235. The van der Waals surface area contributed by atoms with Crippen molar-refractivity contribution < 1.29 is 9.13 Å². The van der Waals surface area contributed by atoms with Crippen molar-refractivity contribution >= 4 is 45.0 Å². The molecule has 0 bridgehead atoms. The molecule has 0 amide bonds. The summed E-state index contributed by atoms with van der Waals surface area (Å²) in [5.74, 6) is -0.477. The molecule has 1 aromatic carbocycles. The highest BCUT2D eigenvalue weighted by Crippen LogP contribution is 2.25. The number of aromatic nitrogens is 3. The van der Waals surface area contributed by atoms with E-state index in [1.165, 1.54) is 23.0 Å². The average Bonchev–Trinajstić information content (AvgIpc) is 2.60. The van der Waals surface area contributed by atoms with Crippen LogP contribution >= 0.6 is 22.6 Å². The first-order valence-corrected chi connectivity index (χ1v) is 8.80. The molecule has 3 rings (SSSR count). The van der Waals surface area contributed by atoms with E-state index in [4.69, 9.17) is 4.74 Å². The zero-order valence-corrected chi connectivity index (χ0v) is 16.3. The van der Waals surface area contributed by atoms with Crippen LogP contribution in [0.3, 0.4) is 0 Å². The largest absolute Gasteiger partial charge is 0.383 e. The van der Waals surface area contributed by atoms with E-state index in [1.54, 1.807) is 30.9 Å². The van der Waals surface area contributed by atoms with E-state index in [-0.39, 0.29) is 22.3 Å². The van der Waals surface area contributed by atoms with Gasteiger partial charge < -0.3 is 14.6 Å². The van der Waals surface area contributed by atoms with Crippen LogP contribution in [0.15, 0.2) is 40.2 Å². The standard InChI is InChI=1S/C17H16FIN4O3/c1-22-14(24)8-13(21-12-4-3-10(19)7-11(12)18)15-16(25)20-9-23(17(15)22)5-6-26-2/h3-4,7-9,21H,5-6H2,1-2H3. The fourth-order valence-electron chi connectivity index (χ4n) is 2.66. The molecule has 26 heavy (non-hydrogen) atoms. The van der Waals surface area contributed by atoms with Crippen molar-refractivity contribution in [2.24, 2.45) is 7.05 Å². The number of benzene rings is 1. The van der Waals surface area contributed by atoms with Crippen LogP contribution in [0.5, 0.6) is 0 Å². The molecule has 0 saturated carbocycles. The van der Waals surface area contributed by atoms with E-state index in [9.17, 15) is 14.0 Å². The molecule has 2 aromatic heterocycles. The predicted molar refractivity (Wildman–Crippen MR) is 106 cm³/mol. The molecule has 9 heteroatoms. The summed E-state index contributed by atoms with van der Waals surface area (Å²) in [6, 6.07) is 5.91. The molecule has 136 valence electrons. The number of fused-ring (bicyclic) bond motifs is 1. The quantitative estimate of drug-likeness (QED) is 0.579. The van der Waals surface area contributed by atoms with Gasteiger partial charge in [-0.15, -0.1) is 0 Å². The van der Waals surface area contributed by atoms with Gasteiger partial charge in [0, 0.05) is 30.3 Å². The summed E-state index contributed by atoms with van der Waals surface area (Å²) in [6.07, 6.45) is 1.37. The number of anilines is 2. The number of ether oxygens (including phenoxy) is 1. The van der Waals surface area contributed by atoms with Crippen molar-refractivity contribution in [3.8, 4) is 0 Å². The molecule has 7 nitrogen and oxygen atoms in total. The lowest BCUT2D eigenvalue weighted by Gasteiger charge is -2.16. The Morgan fingerprint density at radius 1 is 1.27 bits per heavy atom.